The minimum Gasteiger partial charge on any atom is -0.421 e. The quantitative estimate of drug-likeness (QED) is 0.616. The van der Waals surface area contributed by atoms with Crippen LogP contribution in [0.1, 0.15) is 15.9 Å². The fourth-order valence-electron chi connectivity index (χ4n) is 1.74. The lowest BCUT2D eigenvalue weighted by atomic mass is 10.2. The number of rotatable bonds is 3. The van der Waals surface area contributed by atoms with E-state index in [0.29, 0.717) is 0 Å². The highest BCUT2D eigenvalue weighted by atomic mass is 35.5. The Morgan fingerprint density at radius 3 is 2.32 bits per heavy atom. The van der Waals surface area contributed by atoms with E-state index in [4.69, 9.17) is 27.9 Å². The maximum absolute atomic E-state index is 12.2. The van der Waals surface area contributed by atoms with Gasteiger partial charge in [0.25, 0.3) is 0 Å². The molecule has 2 aromatic carbocycles. The molecule has 7 heteroatoms. The fourth-order valence-corrected chi connectivity index (χ4v) is 2.73. The maximum atomic E-state index is 12.2. The van der Waals surface area contributed by atoms with Crippen LogP contribution in [0.15, 0.2) is 41.3 Å². The van der Waals surface area contributed by atoms with Crippen LogP contribution in [0.2, 0.25) is 10.0 Å². The van der Waals surface area contributed by atoms with Gasteiger partial charge in [-0.1, -0.05) is 29.3 Å². The van der Waals surface area contributed by atoms with Crippen molar-refractivity contribution in [2.24, 2.45) is 0 Å². The number of benzene rings is 2. The Kier molecular flexibility index (Phi) is 4.80. The summed E-state index contributed by atoms with van der Waals surface area (Å²) in [7, 11) is -3.46. The molecule has 0 radical (unpaired) electrons. The number of esters is 1. The topological polar surface area (TPSA) is 60.4 Å². The van der Waals surface area contributed by atoms with Crippen LogP contribution < -0.4 is 4.74 Å². The lowest BCUT2D eigenvalue weighted by Crippen LogP contribution is -2.11. The van der Waals surface area contributed by atoms with Crippen molar-refractivity contribution in [3.63, 3.8) is 0 Å². The summed E-state index contributed by atoms with van der Waals surface area (Å²) in [5, 5.41) is 0.371. The molecule has 0 aliphatic rings. The normalized spacial score (nSPS) is 11.3. The van der Waals surface area contributed by atoms with Gasteiger partial charge in [0.1, 0.15) is 5.75 Å². The van der Waals surface area contributed by atoms with Crippen molar-refractivity contribution in [2.75, 3.05) is 6.26 Å². The molecule has 0 spiro atoms. The van der Waals surface area contributed by atoms with E-state index in [-0.39, 0.29) is 26.3 Å². The highest BCUT2D eigenvalue weighted by molar-refractivity contribution is 7.90. The molecule has 2 aromatic rings. The molecule has 0 atom stereocenters. The zero-order valence-corrected chi connectivity index (χ0v) is 14.1. The molecule has 0 saturated heterocycles. The zero-order chi connectivity index (χ0) is 16.5. The third-order valence-corrected chi connectivity index (χ3v) is 4.63. The van der Waals surface area contributed by atoms with Crippen LogP contribution in [-0.2, 0) is 9.84 Å². The van der Waals surface area contributed by atoms with Crippen molar-refractivity contribution in [3.8, 4) is 5.75 Å². The van der Waals surface area contributed by atoms with Gasteiger partial charge in [0.15, 0.2) is 9.84 Å². The third-order valence-electron chi connectivity index (χ3n) is 2.88. The molecule has 0 fully saturated rings. The molecule has 0 aromatic heterocycles. The summed E-state index contributed by atoms with van der Waals surface area (Å²) in [5.74, 6) is -0.588. The van der Waals surface area contributed by atoms with E-state index in [9.17, 15) is 13.2 Å². The third kappa shape index (κ3) is 3.80. The standard InChI is InChI=1S/C15H12Cl2O4S/c1-9-3-5-13(17)14(7-9)21-15(18)11-8-10(22(2,19)20)4-6-12(11)16/h3-8H,1-2H3. The van der Waals surface area contributed by atoms with Crippen LogP contribution in [0.3, 0.4) is 0 Å². The molecule has 0 unspecified atom stereocenters. The van der Waals surface area contributed by atoms with E-state index in [0.717, 1.165) is 11.8 Å². The van der Waals surface area contributed by atoms with Gasteiger partial charge in [-0.25, -0.2) is 13.2 Å². The molecule has 0 saturated carbocycles. The summed E-state index contributed by atoms with van der Waals surface area (Å²) < 4.78 is 28.3. The van der Waals surface area contributed by atoms with Crippen molar-refractivity contribution < 1.29 is 17.9 Å². The number of carbonyl (C=O) groups excluding carboxylic acids is 1. The second-order valence-corrected chi connectivity index (χ2v) is 7.57. The van der Waals surface area contributed by atoms with Gasteiger partial charge in [0, 0.05) is 6.26 Å². The van der Waals surface area contributed by atoms with Crippen molar-refractivity contribution in [1.82, 2.24) is 0 Å². The summed E-state index contributed by atoms with van der Waals surface area (Å²) >= 11 is 11.9. The van der Waals surface area contributed by atoms with Gasteiger partial charge >= 0.3 is 5.97 Å². The van der Waals surface area contributed by atoms with Gasteiger partial charge in [0.2, 0.25) is 0 Å². The molecule has 116 valence electrons. The summed E-state index contributed by atoms with van der Waals surface area (Å²) in [4.78, 5) is 12.2. The largest absolute Gasteiger partial charge is 0.421 e. The number of hydrogen-bond donors (Lipinski definition) is 0. The number of aryl methyl sites for hydroxylation is 1. The van der Waals surface area contributed by atoms with Crippen LogP contribution >= 0.6 is 23.2 Å². The molecule has 0 amide bonds. The van der Waals surface area contributed by atoms with E-state index >= 15 is 0 Å². The summed E-state index contributed by atoms with van der Waals surface area (Å²) in [6.45, 7) is 1.82. The highest BCUT2D eigenvalue weighted by Gasteiger charge is 2.18. The van der Waals surface area contributed by atoms with E-state index in [1.165, 1.54) is 18.2 Å². The number of sulfone groups is 1. The minimum atomic E-state index is -3.46. The average molecular weight is 359 g/mol. The summed E-state index contributed by atoms with van der Waals surface area (Å²) in [6, 6.07) is 8.84. The Labute approximate surface area is 138 Å². The summed E-state index contributed by atoms with van der Waals surface area (Å²) in [5.41, 5.74) is 0.824. The SMILES string of the molecule is Cc1ccc(Cl)c(OC(=O)c2cc(S(C)(=O)=O)ccc2Cl)c1. The predicted octanol–water partition coefficient (Wildman–Crippen LogP) is 3.92. The summed E-state index contributed by atoms with van der Waals surface area (Å²) in [6.07, 6.45) is 1.04. The lowest BCUT2D eigenvalue weighted by molar-refractivity contribution is 0.0734. The van der Waals surface area contributed by atoms with Crippen molar-refractivity contribution in [2.45, 2.75) is 11.8 Å². The second kappa shape index (κ2) is 6.28. The zero-order valence-electron chi connectivity index (χ0n) is 11.8. The first-order valence-corrected chi connectivity index (χ1v) is 8.81. The van der Waals surface area contributed by atoms with Crippen LogP contribution in [0, 0.1) is 6.92 Å². The Hall–Kier alpha value is -1.56. The van der Waals surface area contributed by atoms with E-state index < -0.39 is 15.8 Å². The first-order chi connectivity index (χ1) is 10.2. The smallest absolute Gasteiger partial charge is 0.345 e. The van der Waals surface area contributed by atoms with Crippen molar-refractivity contribution in [1.29, 1.82) is 0 Å². The van der Waals surface area contributed by atoms with Gasteiger partial charge in [-0.2, -0.15) is 0 Å². The number of halogens is 2. The molecule has 22 heavy (non-hydrogen) atoms. The van der Waals surface area contributed by atoms with Crippen molar-refractivity contribution >= 4 is 39.0 Å². The fraction of sp³-hybridized carbons (Fsp3) is 0.133. The molecule has 0 N–H and O–H groups in total. The van der Waals surface area contributed by atoms with E-state index in [1.807, 2.05) is 6.92 Å². The van der Waals surface area contributed by atoms with Gasteiger partial charge in [-0.3, -0.25) is 0 Å². The molecule has 0 aliphatic carbocycles. The van der Waals surface area contributed by atoms with Gasteiger partial charge in [-0.05, 0) is 42.8 Å². The molecule has 0 bridgehead atoms. The molecule has 2 rings (SSSR count). The van der Waals surface area contributed by atoms with Gasteiger partial charge in [-0.15, -0.1) is 0 Å². The van der Waals surface area contributed by atoms with Gasteiger partial charge in [0.05, 0.1) is 20.5 Å². The van der Waals surface area contributed by atoms with Crippen LogP contribution in [-0.4, -0.2) is 20.6 Å². The van der Waals surface area contributed by atoms with E-state index in [2.05, 4.69) is 0 Å². The van der Waals surface area contributed by atoms with E-state index in [1.54, 1.807) is 18.2 Å². The van der Waals surface area contributed by atoms with Crippen LogP contribution in [0.5, 0.6) is 5.75 Å². The molecular formula is C15H12Cl2O4S. The first-order valence-electron chi connectivity index (χ1n) is 6.16. The van der Waals surface area contributed by atoms with Crippen LogP contribution in [0.4, 0.5) is 0 Å². The van der Waals surface area contributed by atoms with Gasteiger partial charge < -0.3 is 4.74 Å². The Balaban J connectivity index is 2.39. The molecular weight excluding hydrogens is 347 g/mol. The Morgan fingerprint density at radius 1 is 1.05 bits per heavy atom. The number of ether oxygens (including phenoxy) is 1. The maximum Gasteiger partial charge on any atom is 0.345 e. The number of hydrogen-bond acceptors (Lipinski definition) is 4. The minimum absolute atomic E-state index is 0.0146. The Morgan fingerprint density at radius 2 is 1.68 bits per heavy atom. The Bertz CT molecular complexity index is 845. The molecule has 4 nitrogen and oxygen atoms in total. The predicted molar refractivity (Wildman–Crippen MR) is 85.7 cm³/mol. The molecule has 0 aliphatic heterocycles. The first kappa shape index (κ1) is 16.8. The molecule has 0 heterocycles. The van der Waals surface area contributed by atoms with Crippen LogP contribution in [0.25, 0.3) is 0 Å². The lowest BCUT2D eigenvalue weighted by Gasteiger charge is -2.09. The highest BCUT2D eigenvalue weighted by Crippen LogP contribution is 2.28. The average Bonchev–Trinajstić information content (AvgIpc) is 2.42. The monoisotopic (exact) mass is 358 g/mol. The number of carbonyl (C=O) groups is 1. The second-order valence-electron chi connectivity index (χ2n) is 4.74. The van der Waals surface area contributed by atoms with Crippen molar-refractivity contribution in [3.05, 3.63) is 57.6 Å².